The number of hydrogen-bond donors (Lipinski definition) is 0. The van der Waals surface area contributed by atoms with Crippen molar-refractivity contribution in [1.29, 1.82) is 0 Å². The highest BCUT2D eigenvalue weighted by Crippen LogP contribution is 2.44. The molecule has 1 saturated heterocycles. The van der Waals surface area contributed by atoms with Crippen molar-refractivity contribution in [2.75, 3.05) is 20.1 Å². The number of benzene rings is 1. The standard InChI is InChI=1S/C18H23NO/c1-4-5-9-17-13(2)15-11-19(3)12-16(15)14-8-6-7-10-18(14)20-17/h5-10,15-16H,4,11-12H2,1-3H3/b9-5-/t15-,16?/m1/s1. The molecule has 0 N–H and O–H groups in total. The number of para-hydroxylation sites is 1. The van der Waals surface area contributed by atoms with Crippen LogP contribution in [0.15, 0.2) is 47.7 Å². The number of likely N-dealkylation sites (N-methyl/N-ethyl adjacent to an activating group) is 1. The third-order valence-electron chi connectivity index (χ3n) is 4.49. The Kier molecular flexibility index (Phi) is 3.66. The molecule has 1 aromatic carbocycles. The predicted molar refractivity (Wildman–Crippen MR) is 82.9 cm³/mol. The van der Waals surface area contributed by atoms with Gasteiger partial charge in [-0.25, -0.2) is 0 Å². The number of nitrogens with zero attached hydrogens (tertiary/aromatic N) is 1. The Balaban J connectivity index is 2.08. The van der Waals surface area contributed by atoms with E-state index in [4.69, 9.17) is 4.74 Å². The summed E-state index contributed by atoms with van der Waals surface area (Å²) in [7, 11) is 2.22. The first-order valence-corrected chi connectivity index (χ1v) is 7.53. The highest BCUT2D eigenvalue weighted by atomic mass is 16.5. The molecule has 1 aromatic rings. The normalized spacial score (nSPS) is 26.4. The lowest BCUT2D eigenvalue weighted by molar-refractivity contribution is 0.391. The van der Waals surface area contributed by atoms with E-state index in [2.05, 4.69) is 62.2 Å². The third kappa shape index (κ3) is 2.29. The number of rotatable bonds is 2. The first kappa shape index (κ1) is 13.4. The molecule has 2 atom stereocenters. The van der Waals surface area contributed by atoms with Gasteiger partial charge in [0.15, 0.2) is 0 Å². The van der Waals surface area contributed by atoms with Gasteiger partial charge in [-0.2, -0.15) is 0 Å². The highest BCUT2D eigenvalue weighted by Gasteiger charge is 2.37. The van der Waals surface area contributed by atoms with E-state index < -0.39 is 0 Å². The Hall–Kier alpha value is -1.54. The predicted octanol–water partition coefficient (Wildman–Crippen LogP) is 3.96. The van der Waals surface area contributed by atoms with Crippen LogP contribution in [0.1, 0.15) is 31.7 Å². The maximum atomic E-state index is 6.22. The zero-order valence-corrected chi connectivity index (χ0v) is 12.6. The molecule has 2 nitrogen and oxygen atoms in total. The van der Waals surface area contributed by atoms with E-state index in [1.54, 1.807) is 0 Å². The van der Waals surface area contributed by atoms with Gasteiger partial charge in [-0.15, -0.1) is 0 Å². The molecule has 1 fully saturated rings. The van der Waals surface area contributed by atoms with Gasteiger partial charge in [-0.05, 0) is 43.7 Å². The number of fused-ring (bicyclic) bond motifs is 3. The van der Waals surface area contributed by atoms with E-state index in [0.29, 0.717) is 11.8 Å². The Morgan fingerprint density at radius 3 is 2.80 bits per heavy atom. The molecule has 2 aliphatic rings. The topological polar surface area (TPSA) is 12.5 Å². The van der Waals surface area contributed by atoms with Gasteiger partial charge in [-0.3, -0.25) is 0 Å². The Labute approximate surface area is 121 Å². The van der Waals surface area contributed by atoms with Crippen molar-refractivity contribution in [3.05, 3.63) is 53.3 Å². The van der Waals surface area contributed by atoms with E-state index in [-0.39, 0.29) is 0 Å². The average molecular weight is 269 g/mol. The van der Waals surface area contributed by atoms with Crippen molar-refractivity contribution >= 4 is 0 Å². The number of ether oxygens (including phenoxy) is 1. The van der Waals surface area contributed by atoms with Gasteiger partial charge in [0.1, 0.15) is 11.5 Å². The maximum absolute atomic E-state index is 6.22. The summed E-state index contributed by atoms with van der Waals surface area (Å²) in [5.74, 6) is 3.20. The monoisotopic (exact) mass is 269 g/mol. The maximum Gasteiger partial charge on any atom is 0.130 e. The molecule has 0 aliphatic carbocycles. The minimum Gasteiger partial charge on any atom is -0.457 e. The van der Waals surface area contributed by atoms with E-state index in [1.165, 1.54) is 11.1 Å². The van der Waals surface area contributed by atoms with Gasteiger partial charge in [0.2, 0.25) is 0 Å². The van der Waals surface area contributed by atoms with Crippen molar-refractivity contribution in [1.82, 2.24) is 4.90 Å². The molecular formula is C18H23NO. The smallest absolute Gasteiger partial charge is 0.130 e. The zero-order valence-electron chi connectivity index (χ0n) is 12.6. The van der Waals surface area contributed by atoms with E-state index in [9.17, 15) is 0 Å². The summed E-state index contributed by atoms with van der Waals surface area (Å²) in [6, 6.07) is 8.52. The van der Waals surface area contributed by atoms with Crippen LogP contribution in [-0.4, -0.2) is 25.0 Å². The van der Waals surface area contributed by atoms with Crippen LogP contribution in [0, 0.1) is 5.92 Å². The second-order valence-electron chi connectivity index (χ2n) is 5.93. The lowest BCUT2D eigenvalue weighted by Crippen LogP contribution is -2.15. The van der Waals surface area contributed by atoms with E-state index >= 15 is 0 Å². The first-order chi connectivity index (χ1) is 9.70. The van der Waals surface area contributed by atoms with Gasteiger partial charge < -0.3 is 9.64 Å². The molecule has 2 aliphatic heterocycles. The molecule has 2 heteroatoms. The third-order valence-corrected chi connectivity index (χ3v) is 4.49. The van der Waals surface area contributed by atoms with Crippen LogP contribution in [0.25, 0.3) is 0 Å². The molecule has 0 saturated carbocycles. The molecule has 0 bridgehead atoms. The van der Waals surface area contributed by atoms with Gasteiger partial charge in [-0.1, -0.05) is 31.2 Å². The van der Waals surface area contributed by atoms with Gasteiger partial charge in [0.05, 0.1) is 0 Å². The van der Waals surface area contributed by atoms with Crippen molar-refractivity contribution in [2.45, 2.75) is 26.2 Å². The van der Waals surface area contributed by atoms with Crippen LogP contribution in [-0.2, 0) is 0 Å². The molecule has 106 valence electrons. The molecule has 0 spiro atoms. The van der Waals surface area contributed by atoms with Crippen molar-refractivity contribution in [3.8, 4) is 5.75 Å². The van der Waals surface area contributed by atoms with Crippen LogP contribution >= 0.6 is 0 Å². The largest absolute Gasteiger partial charge is 0.457 e. The SMILES string of the molecule is CC/C=C\C1=C(C)[C@H]2CN(C)CC2c2ccccc2O1. The summed E-state index contributed by atoms with van der Waals surface area (Å²) in [4.78, 5) is 2.43. The fraction of sp³-hybridized carbons (Fsp3) is 0.444. The van der Waals surface area contributed by atoms with Crippen LogP contribution in [0.3, 0.4) is 0 Å². The molecule has 2 heterocycles. The lowest BCUT2D eigenvalue weighted by Gasteiger charge is -2.17. The van der Waals surface area contributed by atoms with Gasteiger partial charge >= 0.3 is 0 Å². The molecule has 20 heavy (non-hydrogen) atoms. The molecule has 3 rings (SSSR count). The average Bonchev–Trinajstić information content (AvgIpc) is 2.80. The number of likely N-dealkylation sites (tertiary alicyclic amines) is 1. The molecule has 0 amide bonds. The lowest BCUT2D eigenvalue weighted by atomic mass is 9.84. The van der Waals surface area contributed by atoms with Crippen molar-refractivity contribution in [2.24, 2.45) is 5.92 Å². The molecular weight excluding hydrogens is 246 g/mol. The summed E-state index contributed by atoms with van der Waals surface area (Å²) in [6.07, 6.45) is 5.36. The quantitative estimate of drug-likeness (QED) is 0.805. The van der Waals surface area contributed by atoms with E-state index in [1.807, 2.05) is 0 Å². The molecule has 0 aromatic heterocycles. The van der Waals surface area contributed by atoms with Crippen LogP contribution in [0.2, 0.25) is 0 Å². The van der Waals surface area contributed by atoms with Crippen molar-refractivity contribution in [3.63, 3.8) is 0 Å². The second kappa shape index (κ2) is 5.45. The summed E-state index contributed by atoms with van der Waals surface area (Å²) >= 11 is 0. The summed E-state index contributed by atoms with van der Waals surface area (Å²) in [5.41, 5.74) is 2.75. The number of allylic oxidation sites excluding steroid dienone is 2. The Bertz CT molecular complexity index is 558. The fourth-order valence-corrected chi connectivity index (χ4v) is 3.41. The molecule has 0 radical (unpaired) electrons. The summed E-state index contributed by atoms with van der Waals surface area (Å²) in [5, 5.41) is 0. The van der Waals surface area contributed by atoms with Crippen LogP contribution in [0.5, 0.6) is 5.75 Å². The summed E-state index contributed by atoms with van der Waals surface area (Å²) in [6.45, 7) is 6.63. The Morgan fingerprint density at radius 1 is 1.25 bits per heavy atom. The zero-order chi connectivity index (χ0) is 14.1. The second-order valence-corrected chi connectivity index (χ2v) is 5.93. The number of hydrogen-bond acceptors (Lipinski definition) is 2. The Morgan fingerprint density at radius 2 is 2.00 bits per heavy atom. The van der Waals surface area contributed by atoms with Crippen LogP contribution in [0.4, 0.5) is 0 Å². The van der Waals surface area contributed by atoms with Crippen LogP contribution < -0.4 is 4.74 Å². The molecule has 1 unspecified atom stereocenters. The first-order valence-electron chi connectivity index (χ1n) is 7.53. The minimum atomic E-state index is 0.559. The minimum absolute atomic E-state index is 0.559. The summed E-state index contributed by atoms with van der Waals surface area (Å²) < 4.78 is 6.22. The highest BCUT2D eigenvalue weighted by molar-refractivity contribution is 5.44. The fourth-order valence-electron chi connectivity index (χ4n) is 3.41. The van der Waals surface area contributed by atoms with Gasteiger partial charge in [0, 0.05) is 24.9 Å². The van der Waals surface area contributed by atoms with E-state index in [0.717, 1.165) is 31.0 Å². The van der Waals surface area contributed by atoms with Gasteiger partial charge in [0.25, 0.3) is 0 Å². The van der Waals surface area contributed by atoms with Crippen molar-refractivity contribution < 1.29 is 4.74 Å².